The molecule has 4 rings (SSSR count). The first-order valence-corrected chi connectivity index (χ1v) is 11.8. The second-order valence-corrected chi connectivity index (χ2v) is 8.54. The van der Waals surface area contributed by atoms with Crippen LogP contribution >= 0.6 is 11.6 Å². The molecule has 3 N–H and O–H groups in total. The highest BCUT2D eigenvalue weighted by Crippen LogP contribution is 2.32. The smallest absolute Gasteiger partial charge is 0.260 e. The maximum Gasteiger partial charge on any atom is 0.260 e. The van der Waals surface area contributed by atoms with Gasteiger partial charge in [0.1, 0.15) is 5.65 Å². The van der Waals surface area contributed by atoms with Crippen LogP contribution < -0.4 is 10.9 Å². The molecule has 0 amide bonds. The largest absolute Gasteiger partial charge is 0.396 e. The van der Waals surface area contributed by atoms with Crippen molar-refractivity contribution in [1.29, 1.82) is 0 Å². The van der Waals surface area contributed by atoms with Crippen LogP contribution in [0.25, 0.3) is 33.4 Å². The molecule has 1 aromatic carbocycles. The summed E-state index contributed by atoms with van der Waals surface area (Å²) in [5.74, 6) is 0.334. The van der Waals surface area contributed by atoms with Crippen LogP contribution in [0, 0.1) is 6.92 Å². The van der Waals surface area contributed by atoms with E-state index >= 15 is 0 Å². The van der Waals surface area contributed by atoms with Crippen LogP contribution in [0.2, 0.25) is 5.02 Å². The lowest BCUT2D eigenvalue weighted by molar-refractivity contribution is 0.247. The molecule has 4 aromatic rings. The Morgan fingerprint density at radius 3 is 2.46 bits per heavy atom. The van der Waals surface area contributed by atoms with Crippen LogP contribution in [0.4, 0.5) is 5.95 Å². The number of hydrogen-bond acceptors (Lipinski definition) is 8. The van der Waals surface area contributed by atoms with E-state index in [-0.39, 0.29) is 24.8 Å². The van der Waals surface area contributed by atoms with Gasteiger partial charge in [0.25, 0.3) is 5.56 Å². The van der Waals surface area contributed by atoms with Crippen LogP contribution in [0.15, 0.2) is 47.7 Å². The predicted octanol–water partition coefficient (Wildman–Crippen LogP) is 3.44. The number of aryl methyl sites for hydroxylation is 2. The molecule has 10 heteroatoms. The van der Waals surface area contributed by atoms with Gasteiger partial charge in [-0.15, -0.1) is 0 Å². The number of aliphatic hydroxyl groups excluding tert-OH is 2. The van der Waals surface area contributed by atoms with Gasteiger partial charge >= 0.3 is 0 Å². The molecule has 0 spiro atoms. The second-order valence-electron chi connectivity index (χ2n) is 8.13. The van der Waals surface area contributed by atoms with Gasteiger partial charge in [0.2, 0.25) is 5.95 Å². The normalized spacial score (nSPS) is 11.4. The van der Waals surface area contributed by atoms with Crippen LogP contribution in [-0.4, -0.2) is 54.0 Å². The fourth-order valence-electron chi connectivity index (χ4n) is 4.07. The number of hydrogen-bond donors (Lipinski definition) is 3. The molecule has 182 valence electrons. The van der Waals surface area contributed by atoms with Crippen LogP contribution in [-0.2, 0) is 6.54 Å². The Labute approximate surface area is 207 Å². The van der Waals surface area contributed by atoms with E-state index in [1.165, 1.54) is 0 Å². The molecule has 0 bridgehead atoms. The molecule has 0 atom stereocenters. The first-order chi connectivity index (χ1) is 17.0. The van der Waals surface area contributed by atoms with E-state index in [1.807, 2.05) is 26.0 Å². The van der Waals surface area contributed by atoms with Crippen molar-refractivity contribution in [1.82, 2.24) is 24.5 Å². The molecule has 0 aliphatic rings. The number of nitrogens with one attached hydrogen (secondary N) is 1. The van der Waals surface area contributed by atoms with Gasteiger partial charge in [-0.3, -0.25) is 19.3 Å². The topological polar surface area (TPSA) is 126 Å². The Kier molecular flexibility index (Phi) is 7.70. The van der Waals surface area contributed by atoms with E-state index in [0.29, 0.717) is 52.5 Å². The number of anilines is 1. The zero-order valence-corrected chi connectivity index (χ0v) is 20.3. The zero-order chi connectivity index (χ0) is 24.9. The highest BCUT2D eigenvalue weighted by molar-refractivity contribution is 6.33. The number of rotatable bonds is 9. The van der Waals surface area contributed by atoms with Gasteiger partial charge in [-0.1, -0.05) is 23.7 Å². The first kappa shape index (κ1) is 24.7. The summed E-state index contributed by atoms with van der Waals surface area (Å²) in [5.41, 5.74) is 3.69. The van der Waals surface area contributed by atoms with E-state index in [4.69, 9.17) is 11.6 Å². The van der Waals surface area contributed by atoms with Crippen molar-refractivity contribution in [2.45, 2.75) is 39.3 Å². The summed E-state index contributed by atoms with van der Waals surface area (Å²) >= 11 is 6.65. The van der Waals surface area contributed by atoms with E-state index in [1.54, 1.807) is 35.3 Å². The quantitative estimate of drug-likeness (QED) is 0.323. The first-order valence-electron chi connectivity index (χ1n) is 11.4. The minimum absolute atomic E-state index is 0.0236. The molecule has 0 aliphatic carbocycles. The Morgan fingerprint density at radius 1 is 1.06 bits per heavy atom. The Balaban J connectivity index is 1.76. The lowest BCUT2D eigenvalue weighted by atomic mass is 10.0. The predicted molar refractivity (Wildman–Crippen MR) is 136 cm³/mol. The third kappa shape index (κ3) is 5.17. The molecule has 0 fully saturated rings. The summed E-state index contributed by atoms with van der Waals surface area (Å²) in [6.45, 7) is 4.12. The van der Waals surface area contributed by atoms with Crippen LogP contribution in [0.1, 0.15) is 25.5 Å². The third-order valence-corrected chi connectivity index (χ3v) is 6.16. The van der Waals surface area contributed by atoms with Gasteiger partial charge in [-0.25, -0.2) is 4.98 Å². The second kappa shape index (κ2) is 10.9. The minimum atomic E-state index is -0.211. The van der Waals surface area contributed by atoms with Gasteiger partial charge < -0.3 is 15.5 Å². The average Bonchev–Trinajstić information content (AvgIpc) is 2.84. The van der Waals surface area contributed by atoms with E-state index in [2.05, 4.69) is 25.3 Å². The standard InChI is InChI=1S/C25H27ClN6O3/c1-3-32-23-17(14-29-25(31-23)30-18(6-10-33)7-11-34)12-20(24(32)35)19-5-4-16(13-21(19)26)22-15(2)27-8-9-28-22/h4-5,8-9,12-14,18,33-34H,3,6-7,10-11H2,1-2H3,(H,29,30,31). The van der Waals surface area contributed by atoms with Crippen molar-refractivity contribution in [3.63, 3.8) is 0 Å². The lowest BCUT2D eigenvalue weighted by Crippen LogP contribution is -2.25. The number of benzene rings is 1. The number of nitrogens with zero attached hydrogens (tertiary/aromatic N) is 5. The van der Waals surface area contributed by atoms with Gasteiger partial charge in [0.15, 0.2) is 0 Å². The molecular formula is C25H27ClN6O3. The van der Waals surface area contributed by atoms with Crippen molar-refractivity contribution in [2.75, 3.05) is 18.5 Å². The highest BCUT2D eigenvalue weighted by Gasteiger charge is 2.17. The summed E-state index contributed by atoms with van der Waals surface area (Å²) in [6, 6.07) is 7.06. The zero-order valence-electron chi connectivity index (χ0n) is 19.6. The summed E-state index contributed by atoms with van der Waals surface area (Å²) in [7, 11) is 0. The summed E-state index contributed by atoms with van der Waals surface area (Å²) in [5, 5.41) is 22.8. The number of aromatic nitrogens is 5. The van der Waals surface area contributed by atoms with E-state index in [0.717, 1.165) is 17.0 Å². The Hall–Kier alpha value is -3.40. The van der Waals surface area contributed by atoms with E-state index in [9.17, 15) is 15.0 Å². The van der Waals surface area contributed by atoms with Gasteiger partial charge in [0.05, 0.1) is 11.4 Å². The molecule has 0 saturated carbocycles. The highest BCUT2D eigenvalue weighted by atomic mass is 35.5. The number of fused-ring (bicyclic) bond motifs is 1. The summed E-state index contributed by atoms with van der Waals surface area (Å²) in [6.07, 6.45) is 5.82. The molecule has 9 nitrogen and oxygen atoms in total. The van der Waals surface area contributed by atoms with Crippen LogP contribution in [0.3, 0.4) is 0 Å². The van der Waals surface area contributed by atoms with Gasteiger partial charge in [0, 0.05) is 71.5 Å². The number of pyridine rings is 1. The minimum Gasteiger partial charge on any atom is -0.396 e. The summed E-state index contributed by atoms with van der Waals surface area (Å²) < 4.78 is 1.58. The molecule has 3 heterocycles. The molecule has 0 radical (unpaired) electrons. The monoisotopic (exact) mass is 494 g/mol. The Bertz CT molecular complexity index is 1400. The van der Waals surface area contributed by atoms with Crippen molar-refractivity contribution < 1.29 is 10.2 Å². The van der Waals surface area contributed by atoms with Crippen molar-refractivity contribution in [3.05, 3.63) is 63.9 Å². The van der Waals surface area contributed by atoms with E-state index < -0.39 is 0 Å². The average molecular weight is 495 g/mol. The number of halogens is 1. The Morgan fingerprint density at radius 2 is 1.80 bits per heavy atom. The maximum absolute atomic E-state index is 13.4. The molecular weight excluding hydrogens is 468 g/mol. The van der Waals surface area contributed by atoms with Crippen molar-refractivity contribution >= 4 is 28.6 Å². The van der Waals surface area contributed by atoms with Crippen LogP contribution in [0.5, 0.6) is 0 Å². The maximum atomic E-state index is 13.4. The van der Waals surface area contributed by atoms with Gasteiger partial charge in [-0.2, -0.15) is 4.98 Å². The third-order valence-electron chi connectivity index (χ3n) is 5.85. The summed E-state index contributed by atoms with van der Waals surface area (Å²) in [4.78, 5) is 31.1. The lowest BCUT2D eigenvalue weighted by Gasteiger charge is -2.17. The molecule has 0 saturated heterocycles. The SMILES string of the molecule is CCn1c(=O)c(-c2ccc(-c3nccnc3C)cc2Cl)cc2cnc(NC(CCO)CCO)nc21. The molecule has 0 aliphatic heterocycles. The molecule has 3 aromatic heterocycles. The molecule has 0 unspecified atom stereocenters. The number of aliphatic hydroxyl groups is 2. The molecule has 35 heavy (non-hydrogen) atoms. The van der Waals surface area contributed by atoms with Crippen molar-refractivity contribution in [2.24, 2.45) is 0 Å². The fraction of sp³-hybridized carbons (Fsp3) is 0.320. The van der Waals surface area contributed by atoms with Crippen molar-refractivity contribution in [3.8, 4) is 22.4 Å². The fourth-order valence-corrected chi connectivity index (χ4v) is 4.35. The van der Waals surface area contributed by atoms with Gasteiger partial charge in [-0.05, 0) is 38.8 Å².